The van der Waals surface area contributed by atoms with E-state index >= 15 is 0 Å². The Hall–Kier alpha value is -0.660. The third kappa shape index (κ3) is 3.53. The highest BCUT2D eigenvalue weighted by Gasteiger charge is 1.85. The minimum Gasteiger partial charge on any atom is -0.307 e. The predicted octanol–water partition coefficient (Wildman–Crippen LogP) is 1.51. The lowest BCUT2D eigenvalue weighted by atomic mass is 10.4. The van der Waals surface area contributed by atoms with Crippen LogP contribution in [-0.2, 0) is 0 Å². The molecule has 0 fully saturated rings. The third-order valence-electron chi connectivity index (χ3n) is 0.671. The summed E-state index contributed by atoms with van der Waals surface area (Å²) in [5.41, 5.74) is 0.792. The smallest absolute Gasteiger partial charge is 0.0495 e. The molecule has 0 aromatic carbocycles. The van der Waals surface area contributed by atoms with Crippen molar-refractivity contribution in [3.8, 4) is 0 Å². The first-order valence-electron chi connectivity index (χ1n) is 2.71. The van der Waals surface area contributed by atoms with Crippen LogP contribution in [0.2, 0.25) is 0 Å². The van der Waals surface area contributed by atoms with Crippen molar-refractivity contribution in [3.05, 3.63) is 0 Å². The van der Waals surface area contributed by atoms with Crippen molar-refractivity contribution in [3.63, 3.8) is 0 Å². The van der Waals surface area contributed by atoms with Crippen molar-refractivity contribution in [2.75, 3.05) is 0 Å². The molecule has 0 spiro atoms. The van der Waals surface area contributed by atoms with Gasteiger partial charge in [0.25, 0.3) is 0 Å². The van der Waals surface area contributed by atoms with Gasteiger partial charge in [-0.3, -0.25) is 4.99 Å². The molecule has 0 aliphatic rings. The summed E-state index contributed by atoms with van der Waals surface area (Å²) < 4.78 is 0. The molecule has 0 rings (SSSR count). The fourth-order valence-corrected chi connectivity index (χ4v) is 0.445. The third-order valence-corrected chi connectivity index (χ3v) is 0.671. The first-order chi connectivity index (χ1) is 3.66. The molecule has 0 heterocycles. The quantitative estimate of drug-likeness (QED) is 0.526. The number of nitrogens with zero attached hydrogens (tertiary/aromatic N) is 1. The van der Waals surface area contributed by atoms with Gasteiger partial charge in [0.05, 0.1) is 0 Å². The summed E-state index contributed by atoms with van der Waals surface area (Å²) in [6.07, 6.45) is 1.26. The Morgan fingerprint density at radius 2 is 2.12 bits per heavy atom. The van der Waals surface area contributed by atoms with Gasteiger partial charge >= 0.3 is 0 Å². The molecule has 0 amide bonds. The molecule has 2 nitrogen and oxygen atoms in total. The SMILES string of the molecule is CC(C=N)=NC(C)C. The van der Waals surface area contributed by atoms with E-state index in [0.29, 0.717) is 6.04 Å². The molecular weight excluding hydrogens is 100 g/mol. The first-order valence-corrected chi connectivity index (χ1v) is 2.71. The van der Waals surface area contributed by atoms with Gasteiger partial charge in [-0.15, -0.1) is 0 Å². The van der Waals surface area contributed by atoms with Crippen LogP contribution in [0.1, 0.15) is 20.8 Å². The molecule has 0 bridgehead atoms. The molecular formula is C6H12N2. The molecule has 46 valence electrons. The Labute approximate surface area is 50.1 Å². The standard InChI is InChI=1S/C6H12N2/c1-5(2)8-6(3)4-7/h4-5,7H,1-3H3. The largest absolute Gasteiger partial charge is 0.307 e. The van der Waals surface area contributed by atoms with E-state index in [1.165, 1.54) is 6.21 Å². The number of rotatable bonds is 2. The Morgan fingerprint density at radius 3 is 2.25 bits per heavy atom. The lowest BCUT2D eigenvalue weighted by Gasteiger charge is -1.94. The van der Waals surface area contributed by atoms with Crippen LogP contribution in [0.15, 0.2) is 4.99 Å². The summed E-state index contributed by atoms with van der Waals surface area (Å²) in [7, 11) is 0. The maximum absolute atomic E-state index is 6.75. The summed E-state index contributed by atoms with van der Waals surface area (Å²) >= 11 is 0. The van der Waals surface area contributed by atoms with E-state index in [4.69, 9.17) is 5.41 Å². The highest BCUT2D eigenvalue weighted by Crippen LogP contribution is 1.85. The highest BCUT2D eigenvalue weighted by atomic mass is 14.8. The van der Waals surface area contributed by atoms with Crippen LogP contribution < -0.4 is 0 Å². The van der Waals surface area contributed by atoms with Crippen molar-refractivity contribution in [2.45, 2.75) is 26.8 Å². The second-order valence-electron chi connectivity index (χ2n) is 2.01. The van der Waals surface area contributed by atoms with Crippen LogP contribution in [0, 0.1) is 5.41 Å². The fraction of sp³-hybridized carbons (Fsp3) is 0.667. The van der Waals surface area contributed by atoms with E-state index in [1.807, 2.05) is 20.8 Å². The Morgan fingerprint density at radius 1 is 1.62 bits per heavy atom. The summed E-state index contributed by atoms with van der Waals surface area (Å²) in [6.45, 7) is 5.81. The number of hydrogen-bond donors (Lipinski definition) is 1. The molecule has 0 saturated carbocycles. The van der Waals surface area contributed by atoms with Gasteiger partial charge in [0.15, 0.2) is 0 Å². The van der Waals surface area contributed by atoms with E-state index in [9.17, 15) is 0 Å². The van der Waals surface area contributed by atoms with E-state index in [0.717, 1.165) is 5.71 Å². The Balaban J connectivity index is 3.74. The molecule has 0 saturated heterocycles. The van der Waals surface area contributed by atoms with Gasteiger partial charge in [-0.05, 0) is 20.8 Å². The molecule has 0 aliphatic heterocycles. The average Bonchev–Trinajstić information content (AvgIpc) is 1.65. The zero-order chi connectivity index (χ0) is 6.57. The second kappa shape index (κ2) is 3.36. The molecule has 1 N–H and O–H groups in total. The van der Waals surface area contributed by atoms with E-state index < -0.39 is 0 Å². The van der Waals surface area contributed by atoms with Crippen LogP contribution >= 0.6 is 0 Å². The van der Waals surface area contributed by atoms with Gasteiger partial charge in [-0.1, -0.05) is 0 Å². The summed E-state index contributed by atoms with van der Waals surface area (Å²) in [6, 6.07) is 0.316. The van der Waals surface area contributed by atoms with Crippen LogP contribution in [-0.4, -0.2) is 18.0 Å². The molecule has 0 aliphatic carbocycles. The minimum absolute atomic E-state index is 0.316. The van der Waals surface area contributed by atoms with Crippen molar-refractivity contribution in [1.82, 2.24) is 0 Å². The summed E-state index contributed by atoms with van der Waals surface area (Å²) in [5, 5.41) is 6.75. The minimum atomic E-state index is 0.316. The van der Waals surface area contributed by atoms with Crippen molar-refractivity contribution in [2.24, 2.45) is 4.99 Å². The van der Waals surface area contributed by atoms with E-state index in [-0.39, 0.29) is 0 Å². The number of hydrogen-bond acceptors (Lipinski definition) is 2. The molecule has 0 radical (unpaired) electrons. The van der Waals surface area contributed by atoms with E-state index in [1.54, 1.807) is 0 Å². The molecule has 0 aromatic heterocycles. The Bertz CT molecular complexity index is 103. The van der Waals surface area contributed by atoms with Gasteiger partial charge in [-0.25, -0.2) is 0 Å². The number of nitrogens with one attached hydrogen (secondary N) is 1. The normalized spacial score (nSPS) is 12.2. The Kier molecular flexibility index (Phi) is 3.08. The van der Waals surface area contributed by atoms with Crippen LogP contribution in [0.25, 0.3) is 0 Å². The van der Waals surface area contributed by atoms with Crippen LogP contribution in [0.4, 0.5) is 0 Å². The van der Waals surface area contributed by atoms with Gasteiger partial charge < -0.3 is 5.41 Å². The van der Waals surface area contributed by atoms with Crippen molar-refractivity contribution in [1.29, 1.82) is 5.41 Å². The zero-order valence-electron chi connectivity index (χ0n) is 5.60. The van der Waals surface area contributed by atoms with Crippen LogP contribution in [0.3, 0.4) is 0 Å². The van der Waals surface area contributed by atoms with Gasteiger partial charge in [-0.2, -0.15) is 0 Å². The van der Waals surface area contributed by atoms with Gasteiger partial charge in [0, 0.05) is 18.0 Å². The topological polar surface area (TPSA) is 36.2 Å². The molecule has 0 unspecified atom stereocenters. The zero-order valence-corrected chi connectivity index (χ0v) is 5.60. The highest BCUT2D eigenvalue weighted by molar-refractivity contribution is 6.28. The van der Waals surface area contributed by atoms with Crippen molar-refractivity contribution >= 4 is 11.9 Å². The fourth-order valence-electron chi connectivity index (χ4n) is 0.445. The van der Waals surface area contributed by atoms with Crippen LogP contribution in [0.5, 0.6) is 0 Å². The number of aliphatic imine (C=N–C) groups is 1. The monoisotopic (exact) mass is 112 g/mol. The summed E-state index contributed by atoms with van der Waals surface area (Å²) in [5.74, 6) is 0. The predicted molar refractivity (Wildman–Crippen MR) is 37.0 cm³/mol. The lowest BCUT2D eigenvalue weighted by Crippen LogP contribution is -1.97. The summed E-state index contributed by atoms with van der Waals surface area (Å²) in [4.78, 5) is 4.07. The van der Waals surface area contributed by atoms with Gasteiger partial charge in [0.1, 0.15) is 0 Å². The average molecular weight is 112 g/mol. The maximum atomic E-state index is 6.75. The molecule has 2 heteroatoms. The van der Waals surface area contributed by atoms with E-state index in [2.05, 4.69) is 4.99 Å². The van der Waals surface area contributed by atoms with Gasteiger partial charge in [0.2, 0.25) is 0 Å². The lowest BCUT2D eigenvalue weighted by molar-refractivity contribution is 0.838. The maximum Gasteiger partial charge on any atom is 0.0495 e. The molecule has 0 atom stereocenters. The van der Waals surface area contributed by atoms with Crippen molar-refractivity contribution < 1.29 is 0 Å². The molecule has 0 aromatic rings. The second-order valence-corrected chi connectivity index (χ2v) is 2.01. The first kappa shape index (κ1) is 7.34. The molecule has 8 heavy (non-hydrogen) atoms.